The molecule has 0 radical (unpaired) electrons. The van der Waals surface area contributed by atoms with Crippen LogP contribution >= 0.6 is 0 Å². The predicted octanol–water partition coefficient (Wildman–Crippen LogP) is -0.293. The highest BCUT2D eigenvalue weighted by atomic mass is 16.8. The van der Waals surface area contributed by atoms with E-state index in [0.717, 1.165) is 5.57 Å². The van der Waals surface area contributed by atoms with Crippen LogP contribution in [0.4, 0.5) is 0 Å². The second-order valence-corrected chi connectivity index (χ2v) is 25.7. The molecule has 8 rings (SSSR count). The summed E-state index contributed by atoms with van der Waals surface area (Å²) < 4.78 is 48.4. The first-order chi connectivity index (χ1) is 36.4. The van der Waals surface area contributed by atoms with Crippen LogP contribution in [0, 0.1) is 50.2 Å². The molecule has 26 atom stereocenters. The van der Waals surface area contributed by atoms with Crippen LogP contribution in [0.2, 0.25) is 0 Å². The second-order valence-electron chi connectivity index (χ2n) is 25.7. The third-order valence-electron chi connectivity index (χ3n) is 20.9. The SMILES string of the molecule is C/C=C(\C)C(=O)O[C@H]1[C@H](OC(C)=O)[C@]2(CO)[C@H](O)C[C@]3(C)C(=CC[C@@H]4[C@@]5(C)CC[C@H](O[C@@H]6O[C@H](C(=O)O)[C@@H](O[C@@H]7O[C@H](CO)[C@@H](O)[C@H](O)[C@H]7O)[C@H](O)[C@H]6O[C@@H]6O[C@H](CO)[C@@H](O)[C@H](O)[C@H]6O)C(C)(C)[C@@H]5CC[C@]43C)[C@@H]2CC1(C)C. The van der Waals surface area contributed by atoms with E-state index >= 15 is 0 Å². The Hall–Kier alpha value is -2.79. The predicted molar refractivity (Wildman–Crippen MR) is 268 cm³/mol. The molecule has 0 aromatic rings. The summed E-state index contributed by atoms with van der Waals surface area (Å²) in [6, 6.07) is 0. The Morgan fingerprint density at radius 3 is 1.77 bits per heavy atom. The number of aliphatic hydroxyl groups excluding tert-OH is 11. The summed E-state index contributed by atoms with van der Waals surface area (Å²) in [7, 11) is 0. The minimum atomic E-state index is -2.11. The first-order valence-electron chi connectivity index (χ1n) is 27.5. The summed E-state index contributed by atoms with van der Waals surface area (Å²) in [4.78, 5) is 39.5. The van der Waals surface area contributed by atoms with Crippen molar-refractivity contribution in [2.24, 2.45) is 50.2 Å². The van der Waals surface area contributed by atoms with Crippen molar-refractivity contribution in [3.63, 3.8) is 0 Å². The Balaban J connectivity index is 1.10. The number of esters is 2. The van der Waals surface area contributed by atoms with Gasteiger partial charge in [-0.25, -0.2) is 9.59 Å². The van der Waals surface area contributed by atoms with Gasteiger partial charge in [-0.2, -0.15) is 0 Å². The van der Waals surface area contributed by atoms with E-state index in [2.05, 4.69) is 26.8 Å². The van der Waals surface area contributed by atoms with Gasteiger partial charge in [-0.3, -0.25) is 4.79 Å². The lowest BCUT2D eigenvalue weighted by Crippen LogP contribution is -2.72. The molecule has 0 unspecified atom stereocenters. The molecule has 0 aromatic carbocycles. The molecule has 3 saturated heterocycles. The normalized spacial score (nSPS) is 49.9. The van der Waals surface area contributed by atoms with E-state index in [0.29, 0.717) is 44.1 Å². The fraction of sp³-hybridized carbons (Fsp3) is 0.873. The molecule has 12 N–H and O–H groups in total. The number of rotatable bonds is 13. The molecular formula is C55H86O23. The highest BCUT2D eigenvalue weighted by molar-refractivity contribution is 5.87. The maximum atomic E-state index is 13.4. The molecule has 0 amide bonds. The molecule has 78 heavy (non-hydrogen) atoms. The number of aliphatic hydroxyl groups is 11. The Morgan fingerprint density at radius 2 is 1.24 bits per heavy atom. The van der Waals surface area contributed by atoms with Crippen molar-refractivity contribution < 1.29 is 114 Å². The van der Waals surface area contributed by atoms with Gasteiger partial charge < -0.3 is 99.2 Å². The van der Waals surface area contributed by atoms with Crippen molar-refractivity contribution >= 4 is 17.9 Å². The molecular weight excluding hydrogens is 1030 g/mol. The summed E-state index contributed by atoms with van der Waals surface area (Å²) in [5.74, 6) is -3.41. The number of carboxylic acids is 1. The molecule has 0 aromatic heterocycles. The van der Waals surface area contributed by atoms with E-state index in [1.807, 2.05) is 27.7 Å². The Morgan fingerprint density at radius 1 is 0.667 bits per heavy atom. The van der Waals surface area contributed by atoms with Gasteiger partial charge >= 0.3 is 17.9 Å². The lowest BCUT2D eigenvalue weighted by Gasteiger charge is -2.72. The summed E-state index contributed by atoms with van der Waals surface area (Å²) in [5.41, 5.74) is -2.95. The summed E-state index contributed by atoms with van der Waals surface area (Å²) in [6.45, 7) is 17.1. The molecule has 7 fully saturated rings. The lowest BCUT2D eigenvalue weighted by atomic mass is 9.33. The lowest BCUT2D eigenvalue weighted by molar-refractivity contribution is -0.391. The standard InChI is InChI=1S/C55H86O23/c1-11-23(2)46(70)78-43-44(71-24(3)59)55(22-58)26(18-50(43,4)5)25-12-13-30-52(8)16-15-32(51(6,7)29(52)14-17-53(30,9)54(25,10)19-31(55)60)74-49-41(76-48-38(66)36(64)34(62)28(21-57)73-48)39(67)40(42(77-49)45(68)69)75-47-37(65)35(63)33(61)27(20-56)72-47/h11-12,26-44,47-49,56-58,60-67H,13-22H2,1-10H3,(H,68,69)/b23-11+/t26-,27+,28+,29-,30+,31+,32-,33+,34+,35-,36-,37+,38+,39-,40-,41+,42-,43-,44-,47-,48-,49+,52-,53+,54+,55-/m0/s1. The van der Waals surface area contributed by atoms with Crippen molar-refractivity contribution in [2.45, 2.75) is 231 Å². The van der Waals surface area contributed by atoms with Gasteiger partial charge in [0, 0.05) is 17.9 Å². The van der Waals surface area contributed by atoms with Gasteiger partial charge in [0.1, 0.15) is 79.4 Å². The number of hydrogen-bond acceptors (Lipinski definition) is 22. The number of carbonyl (C=O) groups excluding carboxylic acids is 2. The van der Waals surface area contributed by atoms with Gasteiger partial charge in [-0.1, -0.05) is 66.2 Å². The van der Waals surface area contributed by atoms with E-state index in [1.165, 1.54) is 6.92 Å². The quantitative estimate of drug-likeness (QED) is 0.0488. The molecule has 5 aliphatic carbocycles. The molecule has 23 nitrogen and oxygen atoms in total. The second kappa shape index (κ2) is 22.1. The van der Waals surface area contributed by atoms with Crippen LogP contribution in [0.15, 0.2) is 23.3 Å². The zero-order valence-electron chi connectivity index (χ0n) is 46.3. The van der Waals surface area contributed by atoms with E-state index in [4.69, 9.17) is 37.9 Å². The molecule has 23 heteroatoms. The van der Waals surface area contributed by atoms with Crippen LogP contribution in [0.1, 0.15) is 114 Å². The van der Waals surface area contributed by atoms with Crippen LogP contribution in [0.3, 0.4) is 0 Å². The maximum Gasteiger partial charge on any atom is 0.335 e. The largest absolute Gasteiger partial charge is 0.479 e. The van der Waals surface area contributed by atoms with E-state index < -0.39 is 187 Å². The monoisotopic (exact) mass is 1110 g/mol. The van der Waals surface area contributed by atoms with Crippen molar-refractivity contribution in [3.8, 4) is 0 Å². The molecule has 444 valence electrons. The number of fused-ring (bicyclic) bond motifs is 7. The first kappa shape index (κ1) is 61.3. The number of carbonyl (C=O) groups is 3. The molecule has 3 aliphatic heterocycles. The van der Waals surface area contributed by atoms with Crippen molar-refractivity contribution in [1.82, 2.24) is 0 Å². The molecule has 3 heterocycles. The average Bonchev–Trinajstić information content (AvgIpc) is 3.52. The summed E-state index contributed by atoms with van der Waals surface area (Å²) in [6.07, 6.45) is -24.8. The number of ether oxygens (including phenoxy) is 8. The topological polar surface area (TPSA) is 368 Å². The number of aliphatic carboxylic acids is 1. The van der Waals surface area contributed by atoms with Gasteiger partial charge in [-0.05, 0) is 98.2 Å². The van der Waals surface area contributed by atoms with Gasteiger partial charge in [0.05, 0.1) is 37.4 Å². The van der Waals surface area contributed by atoms with E-state index in [-0.39, 0.29) is 23.7 Å². The zero-order valence-corrected chi connectivity index (χ0v) is 46.3. The Bertz CT molecular complexity index is 2270. The number of hydrogen-bond donors (Lipinski definition) is 12. The highest BCUT2D eigenvalue weighted by Crippen LogP contribution is 2.76. The Kier molecular flexibility index (Phi) is 17.3. The van der Waals surface area contributed by atoms with E-state index in [9.17, 15) is 75.7 Å². The molecule has 0 bridgehead atoms. The third kappa shape index (κ3) is 9.72. The fourth-order valence-electron chi connectivity index (χ4n) is 16.2. The molecule has 0 spiro atoms. The maximum absolute atomic E-state index is 13.4. The van der Waals surface area contributed by atoms with E-state index in [1.54, 1.807) is 19.9 Å². The fourth-order valence-corrected chi connectivity index (χ4v) is 16.2. The zero-order chi connectivity index (χ0) is 57.7. The molecule has 8 aliphatic rings. The van der Waals surface area contributed by atoms with Crippen molar-refractivity contribution in [3.05, 3.63) is 23.3 Å². The van der Waals surface area contributed by atoms with Gasteiger partial charge in [0.2, 0.25) is 0 Å². The highest BCUT2D eigenvalue weighted by Gasteiger charge is 2.74. The van der Waals surface area contributed by atoms with Crippen LogP contribution in [-0.4, -0.2) is 216 Å². The van der Waals surface area contributed by atoms with Crippen LogP contribution in [0.25, 0.3) is 0 Å². The van der Waals surface area contributed by atoms with Gasteiger partial charge in [-0.15, -0.1) is 0 Å². The van der Waals surface area contributed by atoms with Crippen molar-refractivity contribution in [2.75, 3.05) is 19.8 Å². The Labute approximate surface area is 454 Å². The van der Waals surface area contributed by atoms with Crippen LogP contribution in [-0.2, 0) is 52.3 Å². The van der Waals surface area contributed by atoms with Crippen LogP contribution in [0.5, 0.6) is 0 Å². The molecule has 4 saturated carbocycles. The summed E-state index contributed by atoms with van der Waals surface area (Å²) >= 11 is 0. The van der Waals surface area contributed by atoms with Crippen LogP contribution < -0.4 is 0 Å². The first-order valence-corrected chi connectivity index (χ1v) is 27.5. The average molecular weight is 1120 g/mol. The van der Waals surface area contributed by atoms with Gasteiger partial charge in [0.15, 0.2) is 25.0 Å². The minimum absolute atomic E-state index is 0.0247. The minimum Gasteiger partial charge on any atom is -0.479 e. The summed E-state index contributed by atoms with van der Waals surface area (Å²) in [5, 5.41) is 131. The smallest absolute Gasteiger partial charge is 0.335 e. The number of allylic oxidation sites excluding steroid dienone is 3. The number of carboxylic acid groups (broad SMARTS) is 1. The third-order valence-corrected chi connectivity index (χ3v) is 20.9. The van der Waals surface area contributed by atoms with Gasteiger partial charge in [0.25, 0.3) is 0 Å². The van der Waals surface area contributed by atoms with Crippen molar-refractivity contribution in [1.29, 1.82) is 0 Å².